The number of anilines is 1. The molecule has 5 rings (SSSR count). The minimum Gasteiger partial charge on any atom is -0.460 e. The summed E-state index contributed by atoms with van der Waals surface area (Å²) >= 11 is 1.41. The number of likely N-dealkylation sites (N-methyl/N-ethyl adjacent to an activating group) is 1. The van der Waals surface area contributed by atoms with Gasteiger partial charge in [-0.05, 0) is 49.0 Å². The van der Waals surface area contributed by atoms with Crippen molar-refractivity contribution in [3.8, 4) is 17.3 Å². The van der Waals surface area contributed by atoms with E-state index in [9.17, 15) is 14.0 Å². The molecule has 1 amide bonds. The second kappa shape index (κ2) is 16.2. The number of amides is 1. The molecule has 1 N–H and O–H groups in total. The Morgan fingerprint density at radius 3 is 2.68 bits per heavy atom. The number of benzene rings is 2. The van der Waals surface area contributed by atoms with Gasteiger partial charge in [-0.25, -0.2) is 23.5 Å². The highest BCUT2D eigenvalue weighted by atomic mass is 32.1. The van der Waals surface area contributed by atoms with Crippen molar-refractivity contribution < 1.29 is 32.4 Å². The molecule has 258 valence electrons. The Balaban J connectivity index is 1.32. The smallest absolute Gasteiger partial charge is 0.418 e. The zero-order valence-corrected chi connectivity index (χ0v) is 28.6. The Bertz CT molecular complexity index is 1990. The predicted octanol–water partition coefficient (Wildman–Crippen LogP) is 5.48. The maximum Gasteiger partial charge on any atom is 0.418 e. The van der Waals surface area contributed by atoms with Crippen molar-refractivity contribution in [2.75, 3.05) is 25.5 Å². The minimum absolute atomic E-state index is 0.0402. The van der Waals surface area contributed by atoms with Crippen molar-refractivity contribution >= 4 is 29.2 Å². The quantitative estimate of drug-likeness (QED) is 0.125. The van der Waals surface area contributed by atoms with Crippen LogP contribution in [-0.4, -0.2) is 52.5 Å². The van der Waals surface area contributed by atoms with Gasteiger partial charge in [0.1, 0.15) is 30.6 Å². The predicted molar refractivity (Wildman–Crippen MR) is 180 cm³/mol. The molecule has 2 unspecified atom stereocenters. The highest BCUT2D eigenvalue weighted by Crippen LogP contribution is 2.38. The molecule has 0 aliphatic rings. The molecule has 12 nitrogen and oxygen atoms in total. The average Bonchev–Trinajstić information content (AvgIpc) is 3.81. The molecule has 3 aromatic heterocycles. The number of nitriles is 1. The lowest BCUT2D eigenvalue weighted by molar-refractivity contribution is -0.753. The Morgan fingerprint density at radius 2 is 1.94 bits per heavy atom. The number of halogens is 2. The van der Waals surface area contributed by atoms with Gasteiger partial charge in [-0.3, -0.25) is 9.69 Å². The van der Waals surface area contributed by atoms with E-state index in [4.69, 9.17) is 19.7 Å². The van der Waals surface area contributed by atoms with Crippen molar-refractivity contribution in [1.29, 1.82) is 5.26 Å². The summed E-state index contributed by atoms with van der Waals surface area (Å²) in [4.78, 5) is 35.3. The summed E-state index contributed by atoms with van der Waals surface area (Å²) in [7, 11) is 3.13. The Hall–Kier alpha value is -5.59. The van der Waals surface area contributed by atoms with Gasteiger partial charge in [-0.1, -0.05) is 25.1 Å². The largest absolute Gasteiger partial charge is 0.460 e. The molecular formula is C35H35F2N8O4S+. The minimum atomic E-state index is -0.810. The summed E-state index contributed by atoms with van der Waals surface area (Å²) in [5.74, 6) is -2.23. The van der Waals surface area contributed by atoms with Crippen molar-refractivity contribution in [1.82, 2.24) is 25.1 Å². The SMILES string of the molecule is CNCC(=O)OCc1cccnc1N(C)C(=O)OC(C)[n+]1cnn(CC(c2cc(F)ccc2F)[C@@H](C)c2nc(-c3ccc(C#N)cc3)cs2)c1. The van der Waals surface area contributed by atoms with Crippen LogP contribution in [0.3, 0.4) is 0 Å². The van der Waals surface area contributed by atoms with E-state index in [1.54, 1.807) is 53.8 Å². The Labute approximate surface area is 291 Å². The van der Waals surface area contributed by atoms with Crippen molar-refractivity contribution in [2.24, 2.45) is 0 Å². The van der Waals surface area contributed by atoms with Gasteiger partial charge in [0.25, 0.3) is 6.33 Å². The van der Waals surface area contributed by atoms with E-state index in [0.29, 0.717) is 21.8 Å². The number of esters is 1. The fourth-order valence-electron chi connectivity index (χ4n) is 5.24. The van der Waals surface area contributed by atoms with Crippen LogP contribution in [0.2, 0.25) is 0 Å². The standard InChI is InChI=1S/C35H35F2N8O4S/c1-22(34-42-31(19-50-34)25-9-7-24(15-38)8-10-25)29(28-14-27(36)11-12-30(28)37)17-45-21-44(20-41-45)23(2)49-35(47)43(4)33-26(6-5-13-40-33)18-48-32(46)16-39-3/h5-14,19-23,29,39H,16-18H2,1-4H3/q+1/t22-,23?,29?/m1/s1. The lowest BCUT2D eigenvalue weighted by Crippen LogP contribution is -2.41. The number of nitrogens with one attached hydrogen (secondary N) is 1. The number of aromatic nitrogens is 5. The number of rotatable bonds is 13. The maximum absolute atomic E-state index is 15.2. The summed E-state index contributed by atoms with van der Waals surface area (Å²) in [6.45, 7) is 3.68. The molecule has 0 saturated heterocycles. The molecule has 0 radical (unpaired) electrons. The van der Waals surface area contributed by atoms with Crippen molar-refractivity contribution in [3.05, 3.63) is 112 Å². The van der Waals surface area contributed by atoms with Crippen LogP contribution in [0.5, 0.6) is 0 Å². The normalized spacial score (nSPS) is 12.8. The summed E-state index contributed by atoms with van der Waals surface area (Å²) < 4.78 is 43.8. The van der Waals surface area contributed by atoms with Gasteiger partial charge in [0, 0.05) is 53.6 Å². The number of carbonyl (C=O) groups is 2. The van der Waals surface area contributed by atoms with Crippen LogP contribution in [-0.2, 0) is 27.4 Å². The molecular weight excluding hydrogens is 666 g/mol. The van der Waals surface area contributed by atoms with E-state index in [1.165, 1.54) is 41.9 Å². The van der Waals surface area contributed by atoms with Crippen molar-refractivity contribution in [2.45, 2.75) is 45.1 Å². The number of pyridine rings is 1. The van der Waals surface area contributed by atoms with E-state index in [1.807, 2.05) is 24.4 Å². The molecule has 2 aromatic carbocycles. The zero-order valence-electron chi connectivity index (χ0n) is 27.8. The van der Waals surface area contributed by atoms with Gasteiger partial charge in [0.05, 0.1) is 28.9 Å². The zero-order chi connectivity index (χ0) is 35.8. The van der Waals surface area contributed by atoms with Crippen molar-refractivity contribution in [3.63, 3.8) is 0 Å². The number of ether oxygens (including phenoxy) is 2. The third kappa shape index (κ3) is 8.52. The Kier molecular flexibility index (Phi) is 11.6. The molecule has 3 heterocycles. The van der Waals surface area contributed by atoms with Gasteiger partial charge in [-0.2, -0.15) is 9.83 Å². The molecule has 0 bridgehead atoms. The third-order valence-corrected chi connectivity index (χ3v) is 9.07. The van der Waals surface area contributed by atoms with Crippen LogP contribution in [0.4, 0.5) is 19.4 Å². The average molecular weight is 702 g/mol. The second-order valence-corrected chi connectivity index (χ2v) is 12.3. The molecule has 50 heavy (non-hydrogen) atoms. The number of thiazole rings is 1. The lowest BCUT2D eigenvalue weighted by atomic mass is 9.87. The van der Waals surface area contributed by atoms with Crippen LogP contribution in [0.25, 0.3) is 11.3 Å². The van der Waals surface area contributed by atoms with Crippen LogP contribution in [0, 0.1) is 23.0 Å². The first kappa shape index (κ1) is 35.7. The first-order chi connectivity index (χ1) is 24.1. The first-order valence-electron chi connectivity index (χ1n) is 15.6. The topological polar surface area (TPSA) is 139 Å². The number of hydrogen-bond acceptors (Lipinski definition) is 10. The van der Waals surface area contributed by atoms with Gasteiger partial charge in [-0.15, -0.1) is 16.0 Å². The van der Waals surface area contributed by atoms with Crippen LogP contribution in [0.15, 0.2) is 78.8 Å². The molecule has 0 saturated carbocycles. The molecule has 15 heteroatoms. The monoisotopic (exact) mass is 701 g/mol. The summed E-state index contributed by atoms with van der Waals surface area (Å²) in [5.41, 5.74) is 2.78. The van der Waals surface area contributed by atoms with E-state index in [-0.39, 0.29) is 37.0 Å². The van der Waals surface area contributed by atoms with Gasteiger partial charge in [0.2, 0.25) is 12.6 Å². The number of carbonyl (C=O) groups excluding carboxylic acids is 2. The van der Waals surface area contributed by atoms with Gasteiger partial charge < -0.3 is 14.8 Å². The fourth-order valence-corrected chi connectivity index (χ4v) is 6.19. The molecule has 0 aliphatic heterocycles. The lowest BCUT2D eigenvalue weighted by Gasteiger charge is -2.22. The second-order valence-electron chi connectivity index (χ2n) is 11.5. The molecule has 3 atom stereocenters. The summed E-state index contributed by atoms with van der Waals surface area (Å²) in [6.07, 6.45) is 3.08. The Morgan fingerprint density at radius 1 is 1.16 bits per heavy atom. The highest BCUT2D eigenvalue weighted by Gasteiger charge is 2.30. The third-order valence-electron chi connectivity index (χ3n) is 8.03. The van der Waals surface area contributed by atoms with Crippen LogP contribution in [0.1, 0.15) is 53.6 Å². The highest BCUT2D eigenvalue weighted by molar-refractivity contribution is 7.10. The molecule has 0 fully saturated rings. The molecule has 0 aliphatic carbocycles. The number of hydrogen-bond donors (Lipinski definition) is 1. The fraction of sp³-hybridized carbons (Fsp3) is 0.286. The molecule has 0 spiro atoms. The van der Waals surface area contributed by atoms with E-state index < -0.39 is 35.8 Å². The van der Waals surface area contributed by atoms with E-state index in [2.05, 4.69) is 21.5 Å². The van der Waals surface area contributed by atoms with Gasteiger partial charge >= 0.3 is 12.1 Å². The van der Waals surface area contributed by atoms with Crippen LogP contribution >= 0.6 is 11.3 Å². The summed E-state index contributed by atoms with van der Waals surface area (Å²) in [5, 5.41) is 18.9. The van der Waals surface area contributed by atoms with Gasteiger partial charge in [0.15, 0.2) is 0 Å². The maximum atomic E-state index is 15.2. The summed E-state index contributed by atoms with van der Waals surface area (Å²) in [6, 6.07) is 15.9. The number of nitrogens with zero attached hydrogens (tertiary/aromatic N) is 7. The molecule has 5 aromatic rings. The van der Waals surface area contributed by atoms with E-state index >= 15 is 4.39 Å². The first-order valence-corrected chi connectivity index (χ1v) is 16.5. The van der Waals surface area contributed by atoms with E-state index in [0.717, 1.165) is 17.7 Å². The van der Waals surface area contributed by atoms with Crippen LogP contribution < -0.4 is 14.8 Å².